The van der Waals surface area contributed by atoms with Crippen LogP contribution in [0.25, 0.3) is 0 Å². The summed E-state index contributed by atoms with van der Waals surface area (Å²) < 4.78 is 15.1. The molecule has 0 bridgehead atoms. The summed E-state index contributed by atoms with van der Waals surface area (Å²) in [6, 6.07) is -2.05. The molecule has 1 aromatic rings. The number of alkyl carbamates (subject to hydrolysis) is 1. The zero-order valence-electron chi connectivity index (χ0n) is 18.5. The van der Waals surface area contributed by atoms with Crippen molar-refractivity contribution >= 4 is 35.0 Å². The van der Waals surface area contributed by atoms with Gasteiger partial charge in [0.2, 0.25) is 11.7 Å². The number of hydrogen-bond donors (Lipinski definition) is 3. The molecule has 178 valence electrons. The van der Waals surface area contributed by atoms with Crippen molar-refractivity contribution in [1.82, 2.24) is 20.9 Å². The lowest BCUT2D eigenvalue weighted by Gasteiger charge is -2.24. The molecule has 12 heteroatoms. The van der Waals surface area contributed by atoms with Gasteiger partial charge in [0.15, 0.2) is 0 Å². The third kappa shape index (κ3) is 7.84. The Morgan fingerprint density at radius 2 is 2.00 bits per heavy atom. The van der Waals surface area contributed by atoms with Crippen molar-refractivity contribution in [1.29, 1.82) is 0 Å². The summed E-state index contributed by atoms with van der Waals surface area (Å²) in [5.74, 6) is -2.39. The van der Waals surface area contributed by atoms with Gasteiger partial charge in [-0.05, 0) is 5.92 Å². The molecule has 0 aromatic carbocycles. The van der Waals surface area contributed by atoms with Gasteiger partial charge in [0.1, 0.15) is 18.7 Å². The number of ketones is 1. The first-order valence-corrected chi connectivity index (χ1v) is 11.2. The number of thiazole rings is 1. The quantitative estimate of drug-likeness (QED) is 0.316. The third-order valence-electron chi connectivity index (χ3n) is 4.73. The lowest BCUT2D eigenvalue weighted by Crippen LogP contribution is -2.56. The Balaban J connectivity index is 1.97. The van der Waals surface area contributed by atoms with Gasteiger partial charge in [-0.3, -0.25) is 14.4 Å². The maximum absolute atomic E-state index is 12.9. The van der Waals surface area contributed by atoms with E-state index in [-0.39, 0.29) is 25.6 Å². The molecule has 0 radical (unpaired) electrons. The van der Waals surface area contributed by atoms with Crippen LogP contribution in [0.3, 0.4) is 0 Å². The van der Waals surface area contributed by atoms with E-state index < -0.39 is 35.8 Å². The molecular weight excluding hydrogens is 440 g/mol. The largest absolute Gasteiger partial charge is 0.447 e. The van der Waals surface area contributed by atoms with E-state index in [0.29, 0.717) is 31.9 Å². The van der Waals surface area contributed by atoms with Crippen molar-refractivity contribution < 1.29 is 33.4 Å². The molecule has 3 amide bonds. The molecule has 0 spiro atoms. The zero-order chi connectivity index (χ0) is 23.5. The average molecular weight is 471 g/mol. The van der Waals surface area contributed by atoms with Gasteiger partial charge in [0.05, 0.1) is 31.0 Å². The molecule has 1 aliphatic rings. The molecule has 0 aliphatic carbocycles. The average Bonchev–Trinajstić information content (AvgIpc) is 3.20. The predicted octanol–water partition coefficient (Wildman–Crippen LogP) is -0.174. The molecule has 32 heavy (non-hydrogen) atoms. The molecule has 0 fully saturated rings. The standard InChI is InChI=1S/C20H30N4O7S/c1-12(2)16(24-20(28)31-9-8-30-7-6-29-3)18(26)23-14-10-13-15(32-11-22-13)4-5-21-19(27)17(14)25/h11-12,14,16H,4-10H2,1-3H3,(H,21,27)(H,23,26)(H,24,28). The minimum atomic E-state index is -1.09. The number of fused-ring (bicyclic) bond motifs is 1. The molecule has 2 unspecified atom stereocenters. The Morgan fingerprint density at radius 1 is 1.25 bits per heavy atom. The van der Waals surface area contributed by atoms with Gasteiger partial charge in [0, 0.05) is 31.4 Å². The Labute approximate surface area is 190 Å². The molecule has 2 atom stereocenters. The highest BCUT2D eigenvalue weighted by atomic mass is 32.1. The summed E-state index contributed by atoms with van der Waals surface area (Å²) in [4.78, 5) is 55.0. The Morgan fingerprint density at radius 3 is 2.72 bits per heavy atom. The van der Waals surface area contributed by atoms with Crippen LogP contribution in [-0.4, -0.2) is 80.8 Å². The van der Waals surface area contributed by atoms with Crippen molar-refractivity contribution in [2.24, 2.45) is 5.92 Å². The maximum atomic E-state index is 12.9. The fourth-order valence-electron chi connectivity index (χ4n) is 3.00. The highest BCUT2D eigenvalue weighted by Crippen LogP contribution is 2.17. The summed E-state index contributed by atoms with van der Waals surface area (Å²) in [5.41, 5.74) is 2.34. The number of aromatic nitrogens is 1. The first-order chi connectivity index (χ1) is 15.3. The first kappa shape index (κ1) is 25.7. The summed E-state index contributed by atoms with van der Waals surface area (Å²) >= 11 is 1.44. The van der Waals surface area contributed by atoms with Gasteiger partial charge in [-0.25, -0.2) is 9.78 Å². The summed E-state index contributed by atoms with van der Waals surface area (Å²) in [7, 11) is 1.55. The van der Waals surface area contributed by atoms with Crippen LogP contribution in [0.1, 0.15) is 24.4 Å². The lowest BCUT2D eigenvalue weighted by atomic mass is 10.0. The van der Waals surface area contributed by atoms with Crippen molar-refractivity contribution in [3.63, 3.8) is 0 Å². The molecule has 3 N–H and O–H groups in total. The number of nitrogens with one attached hydrogen (secondary N) is 3. The molecule has 0 saturated carbocycles. The van der Waals surface area contributed by atoms with Gasteiger partial charge < -0.3 is 30.2 Å². The van der Waals surface area contributed by atoms with E-state index in [4.69, 9.17) is 14.2 Å². The van der Waals surface area contributed by atoms with Crippen LogP contribution >= 0.6 is 11.3 Å². The van der Waals surface area contributed by atoms with E-state index in [1.54, 1.807) is 26.5 Å². The van der Waals surface area contributed by atoms with Gasteiger partial charge in [-0.2, -0.15) is 0 Å². The fraction of sp³-hybridized carbons (Fsp3) is 0.650. The highest BCUT2D eigenvalue weighted by Gasteiger charge is 2.33. The number of Topliss-reactive ketones (excluding diaryl/α,β-unsaturated/α-hetero) is 1. The zero-order valence-corrected chi connectivity index (χ0v) is 19.3. The van der Waals surface area contributed by atoms with Crippen LogP contribution in [0, 0.1) is 5.92 Å². The molecule has 0 saturated heterocycles. The van der Waals surface area contributed by atoms with Crippen molar-refractivity contribution in [2.45, 2.75) is 38.8 Å². The molecular formula is C20H30N4O7S. The third-order valence-corrected chi connectivity index (χ3v) is 5.67. The number of ether oxygens (including phenoxy) is 3. The van der Waals surface area contributed by atoms with E-state index in [0.717, 1.165) is 4.88 Å². The van der Waals surface area contributed by atoms with Gasteiger partial charge >= 0.3 is 6.09 Å². The Hall–Kier alpha value is -2.57. The molecule has 1 aromatic heterocycles. The Bertz CT molecular complexity index is 799. The normalized spacial score (nSPS) is 17.4. The number of amides is 3. The number of carbonyl (C=O) groups excluding carboxylic acids is 4. The van der Waals surface area contributed by atoms with Gasteiger partial charge in [0.25, 0.3) is 5.91 Å². The number of carbonyl (C=O) groups is 4. The van der Waals surface area contributed by atoms with Crippen molar-refractivity contribution in [3.05, 3.63) is 16.1 Å². The summed E-state index contributed by atoms with van der Waals surface area (Å²) in [6.07, 6.45) is -0.114. The van der Waals surface area contributed by atoms with E-state index in [2.05, 4.69) is 20.9 Å². The lowest BCUT2D eigenvalue weighted by molar-refractivity contribution is -0.140. The van der Waals surface area contributed by atoms with Crippen molar-refractivity contribution in [3.8, 4) is 0 Å². The van der Waals surface area contributed by atoms with E-state index in [1.165, 1.54) is 11.3 Å². The maximum Gasteiger partial charge on any atom is 0.407 e. The van der Waals surface area contributed by atoms with E-state index in [1.807, 2.05) is 0 Å². The van der Waals surface area contributed by atoms with Gasteiger partial charge in [-0.1, -0.05) is 13.8 Å². The number of methoxy groups -OCH3 is 1. The second-order valence-corrected chi connectivity index (χ2v) is 8.40. The monoisotopic (exact) mass is 470 g/mol. The number of nitrogens with zero attached hydrogens (tertiary/aromatic N) is 1. The van der Waals surface area contributed by atoms with Crippen LogP contribution in [0.2, 0.25) is 0 Å². The summed E-state index contributed by atoms with van der Waals surface area (Å²) in [5, 5.41) is 7.68. The SMILES string of the molecule is COCCOCCOC(=O)NC(C(=O)NC1Cc2ncsc2CCNC(=O)C1=O)C(C)C. The van der Waals surface area contributed by atoms with Crippen LogP contribution in [0.15, 0.2) is 5.51 Å². The van der Waals surface area contributed by atoms with E-state index >= 15 is 0 Å². The minimum Gasteiger partial charge on any atom is -0.447 e. The summed E-state index contributed by atoms with van der Waals surface area (Å²) in [6.45, 7) is 4.82. The van der Waals surface area contributed by atoms with Crippen molar-refractivity contribution in [2.75, 3.05) is 40.1 Å². The van der Waals surface area contributed by atoms with Crippen LogP contribution in [-0.2, 0) is 41.4 Å². The topological polar surface area (TPSA) is 145 Å². The second kappa shape index (κ2) is 13.1. The molecule has 1 aliphatic heterocycles. The number of rotatable bonds is 10. The van der Waals surface area contributed by atoms with Crippen LogP contribution < -0.4 is 16.0 Å². The highest BCUT2D eigenvalue weighted by molar-refractivity contribution is 7.09. The van der Waals surface area contributed by atoms with Gasteiger partial charge in [-0.15, -0.1) is 11.3 Å². The van der Waals surface area contributed by atoms with Crippen LogP contribution in [0.5, 0.6) is 0 Å². The smallest absolute Gasteiger partial charge is 0.407 e. The fourth-order valence-corrected chi connectivity index (χ4v) is 3.80. The molecule has 2 heterocycles. The Kier molecular flexibility index (Phi) is 10.5. The molecule has 2 rings (SSSR count). The van der Waals surface area contributed by atoms with E-state index in [9.17, 15) is 19.2 Å². The van der Waals surface area contributed by atoms with Crippen LogP contribution in [0.4, 0.5) is 4.79 Å². The predicted molar refractivity (Wildman–Crippen MR) is 115 cm³/mol. The second-order valence-electron chi connectivity index (χ2n) is 7.46. The molecule has 11 nitrogen and oxygen atoms in total. The first-order valence-electron chi connectivity index (χ1n) is 10.4. The number of hydrogen-bond acceptors (Lipinski definition) is 9. The minimum absolute atomic E-state index is 0.00979.